The van der Waals surface area contributed by atoms with Crippen LogP contribution < -0.4 is 50.2 Å². The smallest absolute Gasteiger partial charge is 0.250 e. The van der Waals surface area contributed by atoms with Crippen molar-refractivity contribution in [3.8, 4) is 102 Å². The van der Waals surface area contributed by atoms with Gasteiger partial charge < -0.3 is 0 Å². The van der Waals surface area contributed by atoms with Crippen molar-refractivity contribution in [2.45, 2.75) is 24.5 Å². The summed E-state index contributed by atoms with van der Waals surface area (Å²) < 4.78 is 29.6. The summed E-state index contributed by atoms with van der Waals surface area (Å²) >= 11 is 0. The SMILES string of the molecule is CC12[n+]3c4cc5c6c3c(cc3[n+]6C67[n+]8c-3ccc3nccc(c38)-c3ccc8ccc9ccc-5[n+]6c9c8[n+]37)-c3ccc5ccc6ccc([n+]1c6c5[n+]32)-c1cc2[n+]3c5c(cc-4nc15)-c1ccc4ccc5ccc6[n+]7c5c4[n+]1C37[n+]1c-2ccc2nccc-6c21. The van der Waals surface area contributed by atoms with Gasteiger partial charge in [0.25, 0.3) is 39.0 Å². The second-order valence-electron chi connectivity index (χ2n) is 25.9. The van der Waals surface area contributed by atoms with E-state index in [1.807, 2.05) is 12.4 Å². The Hall–Kier alpha value is -11.6. The summed E-state index contributed by atoms with van der Waals surface area (Å²) in [5.74, 6) is -2.65. The van der Waals surface area contributed by atoms with Gasteiger partial charge >= 0.3 is 62.1 Å². The lowest BCUT2D eigenvalue weighted by atomic mass is 9.94. The molecule has 25 heterocycles. The average molecular weight is 1090 g/mol. The zero-order valence-electron chi connectivity index (χ0n) is 45.1. The highest BCUT2D eigenvalue weighted by atomic mass is 15.6. The predicted molar refractivity (Wildman–Crippen MR) is 309 cm³/mol. The van der Waals surface area contributed by atoms with Gasteiger partial charge in [0.2, 0.25) is 39.9 Å². The van der Waals surface area contributed by atoms with E-state index >= 15 is 0 Å². The molecule has 28 rings (SSSR count). The highest BCUT2D eigenvalue weighted by Gasteiger charge is 2.90. The topological polar surface area (TPSA) is 81.4 Å². The molecule has 17 aromatic rings. The molecule has 0 aliphatic carbocycles. The summed E-state index contributed by atoms with van der Waals surface area (Å²) in [6.07, 6.45) is 3.98. The molecule has 3 atom stereocenters. The number of rotatable bonds is 0. The van der Waals surface area contributed by atoms with Crippen molar-refractivity contribution in [3.63, 3.8) is 0 Å². The maximum atomic E-state index is 6.30. The monoisotopic (exact) mass is 1090 g/mol. The Bertz CT molecular complexity index is 6930. The molecule has 2 spiro atoms. The summed E-state index contributed by atoms with van der Waals surface area (Å²) in [6, 6.07) is 66.1. The summed E-state index contributed by atoms with van der Waals surface area (Å²) in [5.41, 5.74) is 36.7. The first-order chi connectivity index (χ1) is 42.5. The second kappa shape index (κ2) is 11.1. The third kappa shape index (κ3) is 3.16. The van der Waals surface area contributed by atoms with E-state index < -0.39 is 17.6 Å². The van der Waals surface area contributed by atoms with Crippen LogP contribution in [0.15, 0.2) is 182 Å². The average Bonchev–Trinajstić information content (AvgIpc) is 1.45. The van der Waals surface area contributed by atoms with Gasteiger partial charge in [-0.1, -0.05) is 13.7 Å². The largest absolute Gasteiger partial charge is 0.772 e. The molecule has 86 heavy (non-hydrogen) atoms. The van der Waals surface area contributed by atoms with E-state index in [0.717, 1.165) is 84.1 Å². The highest BCUT2D eigenvalue weighted by Crippen LogP contribution is 2.52. The first-order valence-electron chi connectivity index (χ1n) is 29.9. The van der Waals surface area contributed by atoms with Crippen LogP contribution in [0.1, 0.15) is 6.92 Å². The number of aromatic nitrogens is 14. The highest BCUT2D eigenvalue weighted by molar-refractivity contribution is 6.08. The molecule has 0 fully saturated rings. The van der Waals surface area contributed by atoms with Crippen molar-refractivity contribution < 1.29 is 50.2 Å². The molecule has 0 saturated heterocycles. The minimum Gasteiger partial charge on any atom is -0.250 e. The van der Waals surface area contributed by atoms with Gasteiger partial charge in [0.1, 0.15) is 51.5 Å². The minimum absolute atomic E-state index is 0.878. The predicted octanol–water partition coefficient (Wildman–Crippen LogP) is 6.17. The third-order valence-corrected chi connectivity index (χ3v) is 22.9. The maximum Gasteiger partial charge on any atom is 0.772 e. The van der Waals surface area contributed by atoms with Crippen molar-refractivity contribution in [1.29, 1.82) is 0 Å². The lowest BCUT2D eigenvalue weighted by molar-refractivity contribution is -1.28. The van der Waals surface area contributed by atoms with Gasteiger partial charge in [-0.25, -0.2) is 15.0 Å². The van der Waals surface area contributed by atoms with Gasteiger partial charge in [-0.15, -0.1) is 0 Å². The molecule has 0 saturated carbocycles. The summed E-state index contributed by atoms with van der Waals surface area (Å²) in [5, 5.41) is 7.26. The van der Waals surface area contributed by atoms with E-state index in [-0.39, 0.29) is 0 Å². The second-order valence-corrected chi connectivity index (χ2v) is 25.9. The lowest BCUT2D eigenvalue weighted by Crippen LogP contribution is -2.96. The van der Waals surface area contributed by atoms with Gasteiger partial charge in [0.05, 0.1) is 37.9 Å². The van der Waals surface area contributed by atoms with Gasteiger partial charge in [-0.05, 0) is 103 Å². The van der Waals surface area contributed by atoms with Crippen LogP contribution >= 0.6 is 0 Å². The molecule has 2 bridgehead atoms. The zero-order valence-corrected chi connectivity index (χ0v) is 45.1. The number of fused-ring (bicyclic) bond motifs is 10. The molecule has 380 valence electrons. The third-order valence-electron chi connectivity index (χ3n) is 22.9. The Kier molecular flexibility index (Phi) is 5.01. The lowest BCUT2D eigenvalue weighted by Gasteiger charge is -2.23. The van der Waals surface area contributed by atoms with E-state index in [2.05, 4.69) is 227 Å². The molecule has 14 aromatic heterocycles. The fraction of sp³-hybridized carbons (Fsp3) is 0.0556. The van der Waals surface area contributed by atoms with Crippen molar-refractivity contribution >= 4 is 110 Å². The van der Waals surface area contributed by atoms with Crippen LogP contribution in [-0.2, 0) is 17.6 Å². The Labute approximate surface area is 480 Å². The summed E-state index contributed by atoms with van der Waals surface area (Å²) in [4.78, 5) is 16.6. The van der Waals surface area contributed by atoms with Crippen LogP contribution in [0.5, 0.6) is 0 Å². The fourth-order valence-corrected chi connectivity index (χ4v) is 20.3. The van der Waals surface area contributed by atoms with Crippen LogP contribution in [0.25, 0.3) is 211 Å². The van der Waals surface area contributed by atoms with Crippen LogP contribution in [0, 0.1) is 0 Å². The molecule has 3 aromatic carbocycles. The summed E-state index contributed by atoms with van der Waals surface area (Å²) in [6.45, 7) is 2.49. The van der Waals surface area contributed by atoms with Crippen molar-refractivity contribution in [2.24, 2.45) is 0 Å². The molecular weight excluding hydrogens is 1060 g/mol. The van der Waals surface area contributed by atoms with E-state index in [0.29, 0.717) is 0 Å². The van der Waals surface area contributed by atoms with E-state index in [1.165, 1.54) is 127 Å². The molecule has 3 unspecified atom stereocenters. The molecule has 14 heteroatoms. The van der Waals surface area contributed by atoms with Crippen LogP contribution in [0.2, 0.25) is 0 Å². The quantitative estimate of drug-likeness (QED) is 0.135. The molecule has 14 nitrogen and oxygen atoms in total. The normalized spacial score (nSPS) is 20.1. The van der Waals surface area contributed by atoms with Gasteiger partial charge in [-0.3, -0.25) is 0 Å². The van der Waals surface area contributed by atoms with Gasteiger partial charge in [0, 0.05) is 116 Å². The standard InChI is InChI=1S/C72H33N14/c1-70-76-49-18-10-32-2-3-33-11-19-50(77(70)60(33)59(32)76)43-31-57-54-23-15-45-66-39(25-27-74-45)48-17-9-35-5-7-37-13-21-52-42-30-55(78(70)68(43)69(42)86(57)72(84(54)66)80(48)62(35)64(37)82(52)72)46-28-41-51-20-12-36-6-4-34-8-16-47-38-24-26-73-44-14-22-53-56-29-40(49)58(75-46)67(41)85(56)71(83(53)65(38)44)79(47)61(34)63(36)81(51)71/h2-31H,1H3/q+11. The van der Waals surface area contributed by atoms with Crippen molar-refractivity contribution in [1.82, 2.24) is 15.0 Å². The van der Waals surface area contributed by atoms with E-state index in [1.54, 1.807) is 0 Å². The van der Waals surface area contributed by atoms with Crippen molar-refractivity contribution in [2.75, 3.05) is 0 Å². The summed E-state index contributed by atoms with van der Waals surface area (Å²) in [7, 11) is 0. The van der Waals surface area contributed by atoms with Gasteiger partial charge in [-0.2, -0.15) is 0 Å². The Morgan fingerprint density at radius 1 is 0.256 bits per heavy atom. The first-order valence-corrected chi connectivity index (χ1v) is 29.9. The fourth-order valence-electron chi connectivity index (χ4n) is 20.3. The number of hydrogen-bond acceptors (Lipinski definition) is 3. The Morgan fingerprint density at radius 3 is 1.07 bits per heavy atom. The number of nitrogens with zero attached hydrogens (tertiary/aromatic N) is 14. The number of benzene rings is 3. The number of pyridine rings is 14. The molecule has 11 aliphatic rings. The molecular formula is C72H33N14+11. The molecule has 0 radical (unpaired) electrons. The Balaban J connectivity index is 0.891. The van der Waals surface area contributed by atoms with Crippen LogP contribution in [0.4, 0.5) is 0 Å². The zero-order chi connectivity index (χ0) is 54.1. The first kappa shape index (κ1) is 39.0. The molecule has 0 amide bonds. The van der Waals surface area contributed by atoms with Gasteiger partial charge in [0.15, 0.2) is 5.52 Å². The van der Waals surface area contributed by atoms with Crippen LogP contribution in [0.3, 0.4) is 0 Å². The maximum absolute atomic E-state index is 6.30. The van der Waals surface area contributed by atoms with E-state index in [9.17, 15) is 0 Å². The molecule has 11 aliphatic heterocycles. The van der Waals surface area contributed by atoms with Crippen molar-refractivity contribution in [3.05, 3.63) is 182 Å². The minimum atomic E-state index is -0.889. The van der Waals surface area contributed by atoms with Crippen LogP contribution in [-0.4, -0.2) is 15.0 Å². The Morgan fingerprint density at radius 2 is 0.581 bits per heavy atom. The number of hydrogen-bond donors (Lipinski definition) is 0. The van der Waals surface area contributed by atoms with E-state index in [4.69, 9.17) is 15.0 Å². The molecule has 0 N–H and O–H groups in total.